The second-order valence-electron chi connectivity index (χ2n) is 25.8. The lowest BCUT2D eigenvalue weighted by Gasteiger charge is -2.21. The van der Waals surface area contributed by atoms with Crippen LogP contribution in [0.2, 0.25) is 0 Å². The fourth-order valence-electron chi connectivity index (χ4n) is 10.5. The topological polar surface area (TPSA) is 237 Å². The Morgan fingerprint density at radius 1 is 0.341 bits per heavy atom. The summed E-state index contributed by atoms with van der Waals surface area (Å²) in [6, 6.07) is 0. The van der Waals surface area contributed by atoms with Gasteiger partial charge in [-0.25, -0.2) is 9.13 Å². The summed E-state index contributed by atoms with van der Waals surface area (Å²) in [7, 11) is -9.91. The molecule has 91 heavy (non-hydrogen) atoms. The Hall–Kier alpha value is -2.46. The van der Waals surface area contributed by atoms with Crippen molar-refractivity contribution in [3.05, 3.63) is 24.3 Å². The molecule has 0 amide bonds. The van der Waals surface area contributed by atoms with E-state index in [0.717, 1.165) is 122 Å². The highest BCUT2D eigenvalue weighted by Crippen LogP contribution is 2.45. The van der Waals surface area contributed by atoms with Gasteiger partial charge in [0.05, 0.1) is 26.4 Å². The Balaban J connectivity index is 5.19. The van der Waals surface area contributed by atoms with Gasteiger partial charge in [0.1, 0.15) is 19.3 Å². The van der Waals surface area contributed by atoms with Crippen LogP contribution in [0.4, 0.5) is 0 Å². The van der Waals surface area contributed by atoms with Gasteiger partial charge in [-0.3, -0.25) is 37.3 Å². The number of ether oxygens (including phenoxy) is 4. The fourth-order valence-corrected chi connectivity index (χ4v) is 12.0. The van der Waals surface area contributed by atoms with Crippen molar-refractivity contribution < 1.29 is 80.2 Å². The number of esters is 4. The van der Waals surface area contributed by atoms with E-state index in [9.17, 15) is 43.2 Å². The molecule has 0 radical (unpaired) electrons. The lowest BCUT2D eigenvalue weighted by molar-refractivity contribution is -0.161. The number of aliphatic hydroxyl groups excluding tert-OH is 1. The van der Waals surface area contributed by atoms with E-state index in [1.54, 1.807) is 0 Å². The van der Waals surface area contributed by atoms with Crippen molar-refractivity contribution in [1.29, 1.82) is 0 Å². The molecule has 2 unspecified atom stereocenters. The van der Waals surface area contributed by atoms with E-state index >= 15 is 0 Å². The third-order valence-corrected chi connectivity index (χ3v) is 18.1. The summed E-state index contributed by atoms with van der Waals surface area (Å²) in [6.07, 6.45) is 55.4. The van der Waals surface area contributed by atoms with Gasteiger partial charge in [-0.1, -0.05) is 296 Å². The summed E-state index contributed by atoms with van der Waals surface area (Å²) in [5.74, 6) is -1.49. The van der Waals surface area contributed by atoms with Crippen molar-refractivity contribution in [2.45, 2.75) is 368 Å². The largest absolute Gasteiger partial charge is 0.472 e. The number of phosphoric ester groups is 2. The maximum absolute atomic E-state index is 13.0. The molecule has 536 valence electrons. The predicted octanol–water partition coefficient (Wildman–Crippen LogP) is 20.5. The summed E-state index contributed by atoms with van der Waals surface area (Å²) in [5.41, 5.74) is 0. The molecule has 0 spiro atoms. The molecule has 0 aromatic carbocycles. The lowest BCUT2D eigenvalue weighted by atomic mass is 10.0. The van der Waals surface area contributed by atoms with Gasteiger partial charge in [0.25, 0.3) is 0 Å². The summed E-state index contributed by atoms with van der Waals surface area (Å²) >= 11 is 0. The molecule has 0 aliphatic heterocycles. The quantitative estimate of drug-likeness (QED) is 0.0169. The van der Waals surface area contributed by atoms with Crippen LogP contribution in [0.15, 0.2) is 24.3 Å². The standard InChI is InChI=1S/C72H136O17P2/c1-6-9-12-15-18-20-22-24-26-27-28-29-30-32-34-36-38-41-47-52-57-71(76)88-67(62-83-70(75)56-51-46-40-37-35-33-31-25-23-21-19-16-13-10-7-2)63-86-90(78,79)84-59-66(73)60-85-91(80,81)87-64-68(61-82-69(74)55-50-45-39-17-14-11-8-3)89-72(77)58-53-48-43-42-44-49-54-65(4)5/h21,23,25,31,65-68,73H,6-20,22,24,26-30,32-64H2,1-5H3,(H,78,79)(H,80,81)/b23-21-,31-25-/t66-,67-,68-/m1/s1. The average Bonchev–Trinajstić information content (AvgIpc) is 3.31. The molecule has 0 aromatic rings. The summed E-state index contributed by atoms with van der Waals surface area (Å²) in [5, 5.41) is 10.6. The first-order valence-electron chi connectivity index (χ1n) is 37.0. The number of hydrogen-bond acceptors (Lipinski definition) is 15. The smallest absolute Gasteiger partial charge is 0.462 e. The highest BCUT2D eigenvalue weighted by atomic mass is 31.2. The van der Waals surface area contributed by atoms with Crippen LogP contribution >= 0.6 is 15.6 Å². The lowest BCUT2D eigenvalue weighted by Crippen LogP contribution is -2.30. The molecule has 0 fully saturated rings. The molecule has 0 rings (SSSR count). The van der Waals surface area contributed by atoms with E-state index in [1.807, 2.05) is 0 Å². The highest BCUT2D eigenvalue weighted by Gasteiger charge is 2.30. The summed E-state index contributed by atoms with van der Waals surface area (Å²) in [4.78, 5) is 72.4. The number of phosphoric acid groups is 2. The number of rotatable bonds is 70. The van der Waals surface area contributed by atoms with Crippen molar-refractivity contribution in [1.82, 2.24) is 0 Å². The van der Waals surface area contributed by atoms with Gasteiger partial charge in [0.2, 0.25) is 0 Å². The molecule has 19 heteroatoms. The Bertz CT molecular complexity index is 1850. The molecule has 0 aliphatic carbocycles. The summed E-state index contributed by atoms with van der Waals surface area (Å²) < 4.78 is 68.1. The molecule has 5 atom stereocenters. The van der Waals surface area contributed by atoms with E-state index in [-0.39, 0.29) is 25.7 Å². The fraction of sp³-hybridized carbons (Fsp3) is 0.889. The third kappa shape index (κ3) is 66.0. The van der Waals surface area contributed by atoms with E-state index in [1.165, 1.54) is 141 Å². The zero-order valence-corrected chi connectivity index (χ0v) is 60.3. The van der Waals surface area contributed by atoms with Gasteiger partial charge >= 0.3 is 39.5 Å². The third-order valence-electron chi connectivity index (χ3n) is 16.2. The van der Waals surface area contributed by atoms with Crippen LogP contribution in [-0.2, 0) is 65.4 Å². The molecule has 0 saturated heterocycles. The number of carbonyl (C=O) groups is 4. The van der Waals surface area contributed by atoms with Crippen LogP contribution < -0.4 is 0 Å². The first-order valence-corrected chi connectivity index (χ1v) is 39.9. The van der Waals surface area contributed by atoms with E-state index in [4.69, 9.17) is 37.0 Å². The first kappa shape index (κ1) is 88.5. The normalized spacial score (nSPS) is 14.2. The molecule has 0 heterocycles. The van der Waals surface area contributed by atoms with Gasteiger partial charge in [-0.05, 0) is 57.3 Å². The van der Waals surface area contributed by atoms with Crippen molar-refractivity contribution in [3.63, 3.8) is 0 Å². The van der Waals surface area contributed by atoms with Crippen LogP contribution in [0.3, 0.4) is 0 Å². The molecular weight excluding hydrogens is 1200 g/mol. The molecule has 17 nitrogen and oxygen atoms in total. The van der Waals surface area contributed by atoms with Gasteiger partial charge < -0.3 is 33.8 Å². The average molecular weight is 1340 g/mol. The zero-order chi connectivity index (χ0) is 67.0. The van der Waals surface area contributed by atoms with Crippen molar-refractivity contribution in [2.24, 2.45) is 5.92 Å². The second-order valence-corrected chi connectivity index (χ2v) is 28.7. The van der Waals surface area contributed by atoms with Crippen molar-refractivity contribution in [2.75, 3.05) is 39.6 Å². The van der Waals surface area contributed by atoms with Crippen LogP contribution in [0.25, 0.3) is 0 Å². The maximum Gasteiger partial charge on any atom is 0.472 e. The molecule has 0 saturated carbocycles. The van der Waals surface area contributed by atoms with Crippen LogP contribution in [0.1, 0.15) is 349 Å². The van der Waals surface area contributed by atoms with Crippen molar-refractivity contribution in [3.8, 4) is 0 Å². The van der Waals surface area contributed by atoms with E-state index in [0.29, 0.717) is 31.6 Å². The van der Waals surface area contributed by atoms with Gasteiger partial charge in [0, 0.05) is 25.7 Å². The molecule has 0 aromatic heterocycles. The van der Waals surface area contributed by atoms with Gasteiger partial charge in [-0.15, -0.1) is 0 Å². The highest BCUT2D eigenvalue weighted by molar-refractivity contribution is 7.47. The Morgan fingerprint density at radius 3 is 0.901 bits per heavy atom. The Morgan fingerprint density at radius 2 is 0.593 bits per heavy atom. The Kier molecular flexibility index (Phi) is 63.1. The van der Waals surface area contributed by atoms with Crippen molar-refractivity contribution >= 4 is 39.5 Å². The molecular formula is C72H136O17P2. The minimum atomic E-state index is -4.96. The first-order chi connectivity index (χ1) is 44.0. The van der Waals surface area contributed by atoms with E-state index in [2.05, 4.69) is 58.9 Å². The van der Waals surface area contributed by atoms with Crippen LogP contribution in [0, 0.1) is 5.92 Å². The molecule has 3 N–H and O–H groups in total. The number of carbonyl (C=O) groups excluding carboxylic acids is 4. The SMILES string of the molecule is CCCCCC/C=C\C=C/CCCCCCCC(=O)OC[C@H](COP(=O)(O)OC[C@@H](O)COP(=O)(O)OC[C@@H](COC(=O)CCCCCCCCC)OC(=O)CCCCCCCCC(C)C)OC(=O)CCCCCCCCCCCCCCCCCCCCCC. The number of unbranched alkanes of at least 4 members (excludes halogenated alkanes) is 39. The molecule has 0 bridgehead atoms. The van der Waals surface area contributed by atoms with E-state index < -0.39 is 97.5 Å². The van der Waals surface area contributed by atoms with Gasteiger partial charge in [0.15, 0.2) is 12.2 Å². The second kappa shape index (κ2) is 64.9. The van der Waals surface area contributed by atoms with Gasteiger partial charge in [-0.2, -0.15) is 0 Å². The number of allylic oxidation sites excluding steroid dienone is 4. The zero-order valence-electron chi connectivity index (χ0n) is 58.5. The summed E-state index contributed by atoms with van der Waals surface area (Å²) in [6.45, 7) is 7.05. The maximum atomic E-state index is 13.0. The Labute approximate surface area is 554 Å². The van der Waals surface area contributed by atoms with Crippen LogP contribution in [0.5, 0.6) is 0 Å². The van der Waals surface area contributed by atoms with Crippen LogP contribution in [-0.4, -0.2) is 96.7 Å². The number of aliphatic hydroxyl groups is 1. The predicted molar refractivity (Wildman–Crippen MR) is 368 cm³/mol. The molecule has 0 aliphatic rings. The minimum Gasteiger partial charge on any atom is -0.462 e. The number of hydrogen-bond donors (Lipinski definition) is 3. The monoisotopic (exact) mass is 1330 g/mol. The minimum absolute atomic E-state index is 0.0996.